The lowest BCUT2D eigenvalue weighted by Crippen LogP contribution is -1.98. The normalized spacial score (nSPS) is 10.0. The molecule has 0 bridgehead atoms. The van der Waals surface area contributed by atoms with Crippen LogP contribution < -0.4 is 5.63 Å². The number of hydrogen-bond donors (Lipinski definition) is 0. The average Bonchev–Trinajstić information content (AvgIpc) is 2.10. The van der Waals surface area contributed by atoms with Crippen molar-refractivity contribution in [1.29, 1.82) is 0 Å². The average molecular weight is 127 g/mol. The van der Waals surface area contributed by atoms with E-state index < -0.39 is 0 Å². The zero-order valence-electron chi connectivity index (χ0n) is 5.55. The van der Waals surface area contributed by atoms with E-state index in [1.165, 1.54) is 4.74 Å². The molecule has 0 aliphatic rings. The minimum atomic E-state index is -0.222. The number of hydrogen-bond acceptors (Lipinski definition) is 2. The van der Waals surface area contributed by atoms with Crippen molar-refractivity contribution in [2.45, 2.75) is 13.3 Å². The fraction of sp³-hybridized carbons (Fsp3) is 0.500. The van der Waals surface area contributed by atoms with Gasteiger partial charge in [0.1, 0.15) is 0 Å². The summed E-state index contributed by atoms with van der Waals surface area (Å²) in [5.74, 6) is 0. The van der Waals surface area contributed by atoms with Gasteiger partial charge in [0.2, 0.25) is 0 Å². The summed E-state index contributed by atoms with van der Waals surface area (Å²) in [4.78, 5) is 10.7. The summed E-state index contributed by atoms with van der Waals surface area (Å²) in [6.45, 7) is 1.92. The van der Waals surface area contributed by atoms with Crippen LogP contribution in [-0.2, 0) is 13.5 Å². The van der Waals surface area contributed by atoms with Crippen molar-refractivity contribution in [3.8, 4) is 0 Å². The van der Waals surface area contributed by atoms with Crippen LogP contribution in [0.3, 0.4) is 0 Å². The minimum absolute atomic E-state index is 0.222. The van der Waals surface area contributed by atoms with Crippen molar-refractivity contribution < 1.29 is 4.52 Å². The van der Waals surface area contributed by atoms with Gasteiger partial charge in [-0.25, -0.2) is 9.53 Å². The van der Waals surface area contributed by atoms with Crippen molar-refractivity contribution in [3.63, 3.8) is 0 Å². The molecular weight excluding hydrogens is 118 g/mol. The second-order valence-corrected chi connectivity index (χ2v) is 1.93. The molecule has 0 aliphatic heterocycles. The molecule has 3 nitrogen and oxygen atoms in total. The Morgan fingerprint density at radius 3 is 2.67 bits per heavy atom. The second-order valence-electron chi connectivity index (χ2n) is 1.93. The van der Waals surface area contributed by atoms with Crippen LogP contribution in [0.5, 0.6) is 0 Å². The summed E-state index contributed by atoms with van der Waals surface area (Å²) in [6.07, 6.45) is 2.44. The summed E-state index contributed by atoms with van der Waals surface area (Å²) >= 11 is 0. The number of rotatable bonds is 1. The van der Waals surface area contributed by atoms with Crippen LogP contribution >= 0.6 is 0 Å². The Hall–Kier alpha value is -0.990. The molecule has 0 saturated heterocycles. The Kier molecular flexibility index (Phi) is 1.42. The molecule has 0 N–H and O–H groups in total. The molecule has 1 heterocycles. The third kappa shape index (κ3) is 1.04. The van der Waals surface area contributed by atoms with Crippen molar-refractivity contribution in [2.75, 3.05) is 0 Å². The Morgan fingerprint density at radius 1 is 1.78 bits per heavy atom. The number of aromatic nitrogens is 1. The molecule has 0 atom stereocenters. The van der Waals surface area contributed by atoms with Crippen LogP contribution in [0.4, 0.5) is 0 Å². The topological polar surface area (TPSA) is 35.1 Å². The van der Waals surface area contributed by atoms with Crippen molar-refractivity contribution in [1.82, 2.24) is 4.74 Å². The zero-order valence-corrected chi connectivity index (χ0v) is 5.55. The molecule has 0 spiro atoms. The summed E-state index contributed by atoms with van der Waals surface area (Å²) in [5, 5.41) is 0. The maximum absolute atomic E-state index is 10.7. The van der Waals surface area contributed by atoms with Gasteiger partial charge in [0.25, 0.3) is 0 Å². The van der Waals surface area contributed by atoms with Gasteiger partial charge in [-0.2, -0.15) is 0 Å². The predicted molar refractivity (Wildman–Crippen MR) is 33.3 cm³/mol. The lowest BCUT2D eigenvalue weighted by molar-refractivity contribution is 0.285. The SMILES string of the molecule is CCc1cn(C)oc1=O. The Balaban J connectivity index is 3.16. The van der Waals surface area contributed by atoms with Crippen LogP contribution in [0.1, 0.15) is 12.5 Å². The molecule has 50 valence electrons. The monoisotopic (exact) mass is 127 g/mol. The maximum Gasteiger partial charge on any atom is 0.360 e. The molecule has 9 heavy (non-hydrogen) atoms. The van der Waals surface area contributed by atoms with E-state index in [1.54, 1.807) is 13.2 Å². The van der Waals surface area contributed by atoms with Gasteiger partial charge >= 0.3 is 5.63 Å². The van der Waals surface area contributed by atoms with Gasteiger partial charge in [-0.15, -0.1) is 0 Å². The molecule has 1 rings (SSSR count). The van der Waals surface area contributed by atoms with Crippen LogP contribution in [0.15, 0.2) is 15.5 Å². The van der Waals surface area contributed by atoms with Gasteiger partial charge in [0.15, 0.2) is 0 Å². The molecule has 0 radical (unpaired) electrons. The third-order valence-electron chi connectivity index (χ3n) is 1.21. The summed E-state index contributed by atoms with van der Waals surface area (Å²) in [5.41, 5.74) is 0.512. The van der Waals surface area contributed by atoms with E-state index in [2.05, 4.69) is 4.52 Å². The molecule has 1 aromatic heterocycles. The first-order chi connectivity index (χ1) is 4.24. The molecule has 0 saturated carbocycles. The minimum Gasteiger partial charge on any atom is -0.336 e. The molecule has 0 aromatic carbocycles. The maximum atomic E-state index is 10.7. The first-order valence-electron chi connectivity index (χ1n) is 2.90. The smallest absolute Gasteiger partial charge is 0.336 e. The highest BCUT2D eigenvalue weighted by atomic mass is 16.5. The lowest BCUT2D eigenvalue weighted by atomic mass is 10.3. The highest BCUT2D eigenvalue weighted by molar-refractivity contribution is 5.00. The molecule has 0 unspecified atom stereocenters. The van der Waals surface area contributed by atoms with Gasteiger partial charge in [-0.1, -0.05) is 6.92 Å². The highest BCUT2D eigenvalue weighted by Gasteiger charge is 1.99. The largest absolute Gasteiger partial charge is 0.360 e. The van der Waals surface area contributed by atoms with E-state index in [4.69, 9.17) is 0 Å². The molecule has 0 fully saturated rings. The number of nitrogens with zero attached hydrogens (tertiary/aromatic N) is 1. The van der Waals surface area contributed by atoms with Crippen LogP contribution in [0, 0.1) is 0 Å². The van der Waals surface area contributed by atoms with Gasteiger partial charge in [0, 0.05) is 13.2 Å². The standard InChI is InChI=1S/C6H9NO2/c1-3-5-4-7(2)9-6(5)8/h4H,3H2,1-2H3. The molecule has 1 aromatic rings. The number of aryl methyl sites for hydroxylation is 2. The van der Waals surface area contributed by atoms with E-state index in [9.17, 15) is 4.79 Å². The van der Waals surface area contributed by atoms with Crippen molar-refractivity contribution in [2.24, 2.45) is 7.05 Å². The molecule has 0 amide bonds. The van der Waals surface area contributed by atoms with Crippen LogP contribution in [-0.4, -0.2) is 4.74 Å². The fourth-order valence-corrected chi connectivity index (χ4v) is 0.724. The van der Waals surface area contributed by atoms with Crippen LogP contribution in [0.25, 0.3) is 0 Å². The Labute approximate surface area is 52.9 Å². The van der Waals surface area contributed by atoms with Gasteiger partial charge in [-0.3, -0.25) is 0 Å². The van der Waals surface area contributed by atoms with Gasteiger partial charge < -0.3 is 4.52 Å². The first kappa shape index (κ1) is 6.13. The second kappa shape index (κ2) is 2.09. The summed E-state index contributed by atoms with van der Waals surface area (Å²) in [6, 6.07) is 0. The summed E-state index contributed by atoms with van der Waals surface area (Å²) in [7, 11) is 1.70. The molecular formula is C6H9NO2. The predicted octanol–water partition coefficient (Wildman–Crippen LogP) is 0.541. The van der Waals surface area contributed by atoms with Gasteiger partial charge in [0.05, 0.1) is 5.56 Å². The lowest BCUT2D eigenvalue weighted by Gasteiger charge is -1.79. The van der Waals surface area contributed by atoms with Crippen molar-refractivity contribution in [3.05, 3.63) is 22.2 Å². The highest BCUT2D eigenvalue weighted by Crippen LogP contribution is 1.90. The Bertz CT molecular complexity index is 246. The van der Waals surface area contributed by atoms with Crippen molar-refractivity contribution >= 4 is 0 Å². The zero-order chi connectivity index (χ0) is 6.85. The van der Waals surface area contributed by atoms with E-state index >= 15 is 0 Å². The fourth-order valence-electron chi connectivity index (χ4n) is 0.724. The molecule has 0 aliphatic carbocycles. The third-order valence-corrected chi connectivity index (χ3v) is 1.21. The first-order valence-corrected chi connectivity index (χ1v) is 2.90. The quantitative estimate of drug-likeness (QED) is 0.552. The van der Waals surface area contributed by atoms with E-state index in [0.717, 1.165) is 12.0 Å². The van der Waals surface area contributed by atoms with Crippen LogP contribution in [0.2, 0.25) is 0 Å². The van der Waals surface area contributed by atoms with E-state index in [1.807, 2.05) is 6.92 Å². The van der Waals surface area contributed by atoms with E-state index in [0.29, 0.717) is 0 Å². The van der Waals surface area contributed by atoms with Gasteiger partial charge in [-0.05, 0) is 6.42 Å². The molecule has 3 heteroatoms. The Morgan fingerprint density at radius 2 is 2.44 bits per heavy atom. The van der Waals surface area contributed by atoms with E-state index in [-0.39, 0.29) is 5.63 Å². The summed E-state index contributed by atoms with van der Waals surface area (Å²) < 4.78 is 6.08.